The largest absolute Gasteiger partial charge is 0.240 e. The number of pyridine rings is 1. The summed E-state index contributed by atoms with van der Waals surface area (Å²) < 4.78 is 1.78. The van der Waals surface area contributed by atoms with Gasteiger partial charge >= 0.3 is 0 Å². The third kappa shape index (κ3) is 0.598. The molecule has 0 aliphatic heterocycles. The summed E-state index contributed by atoms with van der Waals surface area (Å²) >= 11 is 0. The van der Waals surface area contributed by atoms with Gasteiger partial charge in [0.25, 0.3) is 0 Å². The lowest BCUT2D eigenvalue weighted by Gasteiger charge is -1.85. The maximum atomic E-state index is 4.00. The molecule has 0 fully saturated rings. The molecule has 0 atom stereocenters. The van der Waals surface area contributed by atoms with E-state index in [0.29, 0.717) is 0 Å². The van der Waals surface area contributed by atoms with Gasteiger partial charge in [-0.3, -0.25) is 0 Å². The predicted molar refractivity (Wildman–Crippen MR) is 34.0 cm³/mol. The van der Waals surface area contributed by atoms with Crippen molar-refractivity contribution >= 4 is 5.52 Å². The Bertz CT molecular complexity index is 281. The van der Waals surface area contributed by atoms with Crippen LogP contribution in [0, 0.1) is 6.07 Å². The fraction of sp³-hybridized carbons (Fsp3) is 0. The summed E-state index contributed by atoms with van der Waals surface area (Å²) in [6.07, 6.45) is 3.65. The molecule has 0 saturated heterocycles. The first-order valence-electron chi connectivity index (χ1n) is 2.77. The highest BCUT2D eigenvalue weighted by Gasteiger charge is 1.86. The topological polar surface area (TPSA) is 17.3 Å². The molecular formula is C7H5N2. The Morgan fingerprint density at radius 2 is 2.56 bits per heavy atom. The van der Waals surface area contributed by atoms with Gasteiger partial charge in [0.2, 0.25) is 0 Å². The fourth-order valence-electron chi connectivity index (χ4n) is 0.805. The Hall–Kier alpha value is -1.31. The summed E-state index contributed by atoms with van der Waals surface area (Å²) in [5, 5.41) is 4.00. The van der Waals surface area contributed by atoms with Crippen molar-refractivity contribution in [3.8, 4) is 0 Å². The molecule has 2 heteroatoms. The summed E-state index contributed by atoms with van der Waals surface area (Å²) in [4.78, 5) is 0. The third-order valence-electron chi connectivity index (χ3n) is 1.23. The van der Waals surface area contributed by atoms with Crippen LogP contribution in [0.4, 0.5) is 0 Å². The fourth-order valence-corrected chi connectivity index (χ4v) is 0.805. The minimum Gasteiger partial charge on any atom is -0.240 e. The summed E-state index contributed by atoms with van der Waals surface area (Å²) in [5.41, 5.74) is 1.01. The van der Waals surface area contributed by atoms with Gasteiger partial charge in [-0.2, -0.15) is 5.10 Å². The minimum atomic E-state index is 1.01. The van der Waals surface area contributed by atoms with Crippen LogP contribution < -0.4 is 0 Å². The van der Waals surface area contributed by atoms with Gasteiger partial charge in [0, 0.05) is 18.5 Å². The van der Waals surface area contributed by atoms with Gasteiger partial charge in [0.15, 0.2) is 0 Å². The van der Waals surface area contributed by atoms with Crippen LogP contribution in [0.3, 0.4) is 0 Å². The summed E-state index contributed by atoms with van der Waals surface area (Å²) in [6.45, 7) is 0. The summed E-state index contributed by atoms with van der Waals surface area (Å²) in [7, 11) is 0. The molecule has 43 valence electrons. The molecule has 0 unspecified atom stereocenters. The van der Waals surface area contributed by atoms with E-state index in [9.17, 15) is 0 Å². The van der Waals surface area contributed by atoms with Crippen molar-refractivity contribution in [3.63, 3.8) is 0 Å². The monoisotopic (exact) mass is 117 g/mol. The van der Waals surface area contributed by atoms with E-state index in [4.69, 9.17) is 0 Å². The first kappa shape index (κ1) is 4.56. The Kier molecular flexibility index (Phi) is 0.803. The number of aromatic nitrogens is 2. The molecular weight excluding hydrogens is 112 g/mol. The van der Waals surface area contributed by atoms with Gasteiger partial charge < -0.3 is 0 Å². The van der Waals surface area contributed by atoms with Crippen LogP contribution in [-0.2, 0) is 0 Å². The van der Waals surface area contributed by atoms with Gasteiger partial charge in [-0.25, -0.2) is 4.52 Å². The molecule has 2 rings (SSSR count). The average molecular weight is 117 g/mol. The van der Waals surface area contributed by atoms with Crippen molar-refractivity contribution in [2.45, 2.75) is 0 Å². The van der Waals surface area contributed by atoms with Gasteiger partial charge in [-0.15, -0.1) is 0 Å². The highest BCUT2D eigenvalue weighted by molar-refractivity contribution is 5.42. The van der Waals surface area contributed by atoms with E-state index in [2.05, 4.69) is 11.2 Å². The van der Waals surface area contributed by atoms with E-state index < -0.39 is 0 Å². The minimum absolute atomic E-state index is 1.01. The van der Waals surface area contributed by atoms with E-state index in [1.807, 2.05) is 24.4 Å². The predicted octanol–water partition coefficient (Wildman–Crippen LogP) is 1.13. The lowest BCUT2D eigenvalue weighted by Crippen LogP contribution is -1.81. The zero-order valence-corrected chi connectivity index (χ0v) is 4.78. The molecule has 0 amide bonds. The van der Waals surface area contributed by atoms with Crippen molar-refractivity contribution in [1.82, 2.24) is 9.61 Å². The highest BCUT2D eigenvalue weighted by Crippen LogP contribution is 1.97. The van der Waals surface area contributed by atoms with Crippen LogP contribution in [0.15, 0.2) is 30.6 Å². The second-order valence-corrected chi connectivity index (χ2v) is 1.81. The highest BCUT2D eigenvalue weighted by atomic mass is 15.2. The van der Waals surface area contributed by atoms with E-state index in [1.54, 1.807) is 10.7 Å². The van der Waals surface area contributed by atoms with E-state index in [1.165, 1.54) is 0 Å². The molecule has 0 N–H and O–H groups in total. The summed E-state index contributed by atoms with van der Waals surface area (Å²) in [5.74, 6) is 0. The van der Waals surface area contributed by atoms with Crippen LogP contribution in [0.25, 0.3) is 5.52 Å². The molecule has 2 heterocycles. The standard InChI is InChI=1S/C7H5N2/c1-2-6-9-7(3-1)4-5-8-9/h1-2,4-6H. The Morgan fingerprint density at radius 1 is 1.56 bits per heavy atom. The van der Waals surface area contributed by atoms with Crippen molar-refractivity contribution < 1.29 is 0 Å². The quantitative estimate of drug-likeness (QED) is 0.505. The molecule has 0 aliphatic rings. The van der Waals surface area contributed by atoms with E-state index in [0.717, 1.165) is 5.52 Å². The molecule has 1 radical (unpaired) electrons. The second-order valence-electron chi connectivity index (χ2n) is 1.81. The molecule has 0 spiro atoms. The Labute approximate surface area is 52.7 Å². The number of hydrogen-bond acceptors (Lipinski definition) is 1. The SMILES string of the molecule is [c]1cccn2nccc12. The van der Waals surface area contributed by atoms with Crippen molar-refractivity contribution in [3.05, 3.63) is 36.7 Å². The van der Waals surface area contributed by atoms with E-state index >= 15 is 0 Å². The number of nitrogens with zero attached hydrogens (tertiary/aromatic N) is 2. The first-order valence-corrected chi connectivity index (χ1v) is 2.77. The van der Waals surface area contributed by atoms with Gasteiger partial charge in [0.05, 0.1) is 5.52 Å². The summed E-state index contributed by atoms with van der Waals surface area (Å²) in [6, 6.07) is 8.72. The van der Waals surface area contributed by atoms with Gasteiger partial charge in [0.1, 0.15) is 0 Å². The van der Waals surface area contributed by atoms with Crippen LogP contribution in [-0.4, -0.2) is 9.61 Å². The van der Waals surface area contributed by atoms with Crippen LogP contribution in [0.2, 0.25) is 0 Å². The average Bonchev–Trinajstić information content (AvgIpc) is 2.33. The number of hydrogen-bond donors (Lipinski definition) is 0. The number of rotatable bonds is 0. The van der Waals surface area contributed by atoms with Gasteiger partial charge in [-0.1, -0.05) is 6.07 Å². The third-order valence-corrected chi connectivity index (χ3v) is 1.23. The molecule has 2 aromatic heterocycles. The lowest BCUT2D eigenvalue weighted by molar-refractivity contribution is 0.960. The maximum absolute atomic E-state index is 4.00. The Morgan fingerprint density at radius 3 is 3.44 bits per heavy atom. The molecule has 0 aliphatic carbocycles. The molecule has 0 bridgehead atoms. The molecule has 9 heavy (non-hydrogen) atoms. The second kappa shape index (κ2) is 1.58. The molecule has 2 nitrogen and oxygen atoms in total. The first-order chi connectivity index (χ1) is 4.47. The van der Waals surface area contributed by atoms with Crippen LogP contribution >= 0.6 is 0 Å². The zero-order chi connectivity index (χ0) is 6.10. The van der Waals surface area contributed by atoms with Crippen LogP contribution in [0.1, 0.15) is 0 Å². The van der Waals surface area contributed by atoms with Crippen molar-refractivity contribution in [1.29, 1.82) is 0 Å². The number of fused-ring (bicyclic) bond motifs is 1. The normalized spacial score (nSPS) is 10.2. The Balaban J connectivity index is 2.95. The maximum Gasteiger partial charge on any atom is 0.0740 e. The zero-order valence-electron chi connectivity index (χ0n) is 4.78. The van der Waals surface area contributed by atoms with Crippen LogP contribution in [0.5, 0.6) is 0 Å². The molecule has 0 aromatic carbocycles. The van der Waals surface area contributed by atoms with E-state index in [-0.39, 0.29) is 0 Å². The van der Waals surface area contributed by atoms with Gasteiger partial charge in [-0.05, 0) is 12.1 Å². The van der Waals surface area contributed by atoms with Crippen molar-refractivity contribution in [2.75, 3.05) is 0 Å². The smallest absolute Gasteiger partial charge is 0.0740 e. The lowest BCUT2D eigenvalue weighted by atomic mass is 10.4. The molecule has 0 saturated carbocycles. The molecule has 2 aromatic rings. The van der Waals surface area contributed by atoms with Crippen molar-refractivity contribution in [2.24, 2.45) is 0 Å².